The van der Waals surface area contributed by atoms with Gasteiger partial charge in [0, 0.05) is 29.7 Å². The number of carbonyl (C=O) groups excluding carboxylic acids is 1. The van der Waals surface area contributed by atoms with Crippen LogP contribution in [0.4, 0.5) is 5.69 Å². The number of aryl methyl sites for hydroxylation is 2. The smallest absolute Gasteiger partial charge is 0.321 e. The van der Waals surface area contributed by atoms with Crippen LogP contribution in [0.5, 0.6) is 11.8 Å². The topological polar surface area (TPSA) is 90.1 Å². The Hall–Kier alpha value is -3.22. The molecule has 1 aromatic carbocycles. The van der Waals surface area contributed by atoms with E-state index in [1.807, 2.05) is 6.92 Å². The van der Waals surface area contributed by atoms with E-state index in [0.717, 1.165) is 11.3 Å². The Labute approximate surface area is 138 Å². The molecule has 0 aliphatic rings. The highest BCUT2D eigenvalue weighted by molar-refractivity contribution is 5.92. The van der Waals surface area contributed by atoms with Gasteiger partial charge in [-0.2, -0.15) is 0 Å². The molecule has 0 unspecified atom stereocenters. The summed E-state index contributed by atoms with van der Waals surface area (Å²) >= 11 is 0. The van der Waals surface area contributed by atoms with Crippen LogP contribution < -0.4 is 10.1 Å². The van der Waals surface area contributed by atoms with E-state index in [9.17, 15) is 4.79 Å². The molecule has 3 rings (SSSR count). The molecule has 0 atom stereocenters. The van der Waals surface area contributed by atoms with Crippen molar-refractivity contribution in [3.8, 4) is 11.8 Å². The molecule has 0 saturated heterocycles. The number of ether oxygens (including phenoxy) is 1. The standard InChI is InChI=1S/C17H16N4O3/c1-11-15(12(2)24-21-11)10-16(22)20-13-5-3-6-14(9-13)23-17-18-7-4-8-19-17/h3-9H,10H2,1-2H3,(H,20,22). The van der Waals surface area contributed by atoms with Crippen LogP contribution in [0.15, 0.2) is 47.2 Å². The number of nitrogens with zero attached hydrogens (tertiary/aromatic N) is 3. The van der Waals surface area contributed by atoms with Crippen molar-refractivity contribution in [2.24, 2.45) is 0 Å². The number of carbonyl (C=O) groups is 1. The van der Waals surface area contributed by atoms with Crippen LogP contribution in [0.2, 0.25) is 0 Å². The maximum atomic E-state index is 12.2. The molecule has 1 amide bonds. The highest BCUT2D eigenvalue weighted by Gasteiger charge is 2.13. The molecule has 0 saturated carbocycles. The van der Waals surface area contributed by atoms with Gasteiger partial charge < -0.3 is 14.6 Å². The van der Waals surface area contributed by atoms with E-state index in [0.29, 0.717) is 17.2 Å². The molecular weight excluding hydrogens is 308 g/mol. The molecule has 3 aromatic rings. The van der Waals surface area contributed by atoms with E-state index in [4.69, 9.17) is 9.26 Å². The maximum Gasteiger partial charge on any atom is 0.321 e. The number of anilines is 1. The fourth-order valence-corrected chi connectivity index (χ4v) is 2.20. The summed E-state index contributed by atoms with van der Waals surface area (Å²) in [6, 6.07) is 8.99. The third kappa shape index (κ3) is 3.75. The first-order valence-electron chi connectivity index (χ1n) is 7.38. The van der Waals surface area contributed by atoms with Crippen molar-refractivity contribution in [2.45, 2.75) is 20.3 Å². The Morgan fingerprint density at radius 3 is 2.71 bits per heavy atom. The zero-order valence-electron chi connectivity index (χ0n) is 13.3. The quantitative estimate of drug-likeness (QED) is 0.775. The zero-order chi connectivity index (χ0) is 16.9. The van der Waals surface area contributed by atoms with Crippen molar-refractivity contribution in [1.29, 1.82) is 0 Å². The van der Waals surface area contributed by atoms with Crippen LogP contribution in [-0.4, -0.2) is 21.0 Å². The van der Waals surface area contributed by atoms with Crippen molar-refractivity contribution >= 4 is 11.6 Å². The Balaban J connectivity index is 1.67. The first-order chi connectivity index (χ1) is 11.6. The van der Waals surface area contributed by atoms with Crippen LogP contribution in [0.3, 0.4) is 0 Å². The van der Waals surface area contributed by atoms with Gasteiger partial charge in [-0.05, 0) is 32.0 Å². The number of rotatable bonds is 5. The van der Waals surface area contributed by atoms with Crippen molar-refractivity contribution in [1.82, 2.24) is 15.1 Å². The highest BCUT2D eigenvalue weighted by atomic mass is 16.5. The molecule has 2 heterocycles. The molecule has 122 valence electrons. The van der Waals surface area contributed by atoms with E-state index in [1.165, 1.54) is 0 Å². The normalized spacial score (nSPS) is 10.4. The molecule has 0 bridgehead atoms. The Kier molecular flexibility index (Phi) is 4.51. The summed E-state index contributed by atoms with van der Waals surface area (Å²) in [5, 5.41) is 6.68. The summed E-state index contributed by atoms with van der Waals surface area (Å²) in [6.45, 7) is 3.60. The highest BCUT2D eigenvalue weighted by Crippen LogP contribution is 2.22. The lowest BCUT2D eigenvalue weighted by molar-refractivity contribution is -0.115. The van der Waals surface area contributed by atoms with E-state index in [-0.39, 0.29) is 18.3 Å². The van der Waals surface area contributed by atoms with Crippen LogP contribution in [0, 0.1) is 13.8 Å². The summed E-state index contributed by atoms with van der Waals surface area (Å²) in [6.07, 6.45) is 3.39. The summed E-state index contributed by atoms with van der Waals surface area (Å²) in [5.74, 6) is 1.04. The van der Waals surface area contributed by atoms with Gasteiger partial charge in [-0.25, -0.2) is 9.97 Å². The number of amides is 1. The minimum absolute atomic E-state index is 0.155. The van der Waals surface area contributed by atoms with Crippen LogP contribution in [-0.2, 0) is 11.2 Å². The largest absolute Gasteiger partial charge is 0.424 e. The van der Waals surface area contributed by atoms with Crippen LogP contribution in [0.1, 0.15) is 17.0 Å². The van der Waals surface area contributed by atoms with Crippen molar-refractivity contribution in [3.05, 3.63) is 59.7 Å². The summed E-state index contributed by atoms with van der Waals surface area (Å²) < 4.78 is 10.6. The van der Waals surface area contributed by atoms with E-state index >= 15 is 0 Å². The van der Waals surface area contributed by atoms with E-state index in [1.54, 1.807) is 49.6 Å². The van der Waals surface area contributed by atoms with Crippen molar-refractivity contribution in [2.75, 3.05) is 5.32 Å². The van der Waals surface area contributed by atoms with Gasteiger partial charge in [0.1, 0.15) is 11.5 Å². The number of benzene rings is 1. The lowest BCUT2D eigenvalue weighted by Gasteiger charge is -2.08. The first-order valence-corrected chi connectivity index (χ1v) is 7.38. The summed E-state index contributed by atoms with van der Waals surface area (Å²) in [5.41, 5.74) is 2.15. The minimum atomic E-state index is -0.155. The number of nitrogens with one attached hydrogen (secondary N) is 1. The monoisotopic (exact) mass is 324 g/mol. The van der Waals surface area contributed by atoms with Gasteiger partial charge in [0.2, 0.25) is 5.91 Å². The third-order valence-corrected chi connectivity index (χ3v) is 3.39. The average Bonchev–Trinajstić information content (AvgIpc) is 2.88. The third-order valence-electron chi connectivity index (χ3n) is 3.39. The second-order valence-corrected chi connectivity index (χ2v) is 5.19. The average molecular weight is 324 g/mol. The maximum absolute atomic E-state index is 12.2. The molecule has 1 N–H and O–H groups in total. The molecule has 0 fully saturated rings. The molecule has 0 spiro atoms. The Bertz CT molecular complexity index is 827. The van der Waals surface area contributed by atoms with Gasteiger partial charge in [-0.1, -0.05) is 11.2 Å². The van der Waals surface area contributed by atoms with Gasteiger partial charge in [0.25, 0.3) is 0 Å². The van der Waals surface area contributed by atoms with Gasteiger partial charge in [-0.3, -0.25) is 4.79 Å². The van der Waals surface area contributed by atoms with Gasteiger partial charge in [-0.15, -0.1) is 0 Å². The van der Waals surface area contributed by atoms with E-state index < -0.39 is 0 Å². The second-order valence-electron chi connectivity index (χ2n) is 5.19. The molecule has 7 nitrogen and oxygen atoms in total. The fourth-order valence-electron chi connectivity index (χ4n) is 2.20. The summed E-state index contributed by atoms with van der Waals surface area (Å²) in [4.78, 5) is 20.2. The molecule has 24 heavy (non-hydrogen) atoms. The van der Waals surface area contributed by atoms with Gasteiger partial charge in [0.15, 0.2) is 0 Å². The number of aromatic nitrogens is 3. The van der Waals surface area contributed by atoms with Crippen molar-refractivity contribution < 1.29 is 14.1 Å². The van der Waals surface area contributed by atoms with E-state index in [2.05, 4.69) is 20.4 Å². The lowest BCUT2D eigenvalue weighted by atomic mass is 10.1. The van der Waals surface area contributed by atoms with Crippen LogP contribution in [0.25, 0.3) is 0 Å². The first kappa shape index (κ1) is 15.7. The Morgan fingerprint density at radius 2 is 2.00 bits per heavy atom. The molecular formula is C17H16N4O3. The predicted octanol–water partition coefficient (Wildman–Crippen LogP) is 3.05. The zero-order valence-corrected chi connectivity index (χ0v) is 13.3. The predicted molar refractivity (Wildman–Crippen MR) is 86.9 cm³/mol. The SMILES string of the molecule is Cc1noc(C)c1CC(=O)Nc1cccc(Oc2ncccn2)c1. The fraction of sp³-hybridized carbons (Fsp3) is 0.176. The lowest BCUT2D eigenvalue weighted by Crippen LogP contribution is -2.15. The number of hydrogen-bond donors (Lipinski definition) is 1. The second kappa shape index (κ2) is 6.91. The molecule has 0 radical (unpaired) electrons. The van der Waals surface area contributed by atoms with Gasteiger partial charge in [0.05, 0.1) is 12.1 Å². The molecule has 7 heteroatoms. The number of hydrogen-bond acceptors (Lipinski definition) is 6. The minimum Gasteiger partial charge on any atom is -0.424 e. The summed E-state index contributed by atoms with van der Waals surface area (Å²) in [7, 11) is 0. The molecule has 0 aliphatic carbocycles. The van der Waals surface area contributed by atoms with Crippen LogP contribution >= 0.6 is 0 Å². The molecule has 2 aromatic heterocycles. The molecule has 0 aliphatic heterocycles. The van der Waals surface area contributed by atoms with Gasteiger partial charge >= 0.3 is 6.01 Å². The van der Waals surface area contributed by atoms with Crippen molar-refractivity contribution in [3.63, 3.8) is 0 Å². The Morgan fingerprint density at radius 1 is 1.21 bits per heavy atom.